The number of rotatable bonds is 12. The maximum Gasteiger partial charge on any atom is 0.509 e. The summed E-state index contributed by atoms with van der Waals surface area (Å²) in [4.78, 5) is 51.7. The van der Waals surface area contributed by atoms with E-state index in [4.69, 9.17) is 32.7 Å². The molecule has 5 rings (SSSR count). The van der Waals surface area contributed by atoms with Gasteiger partial charge in [-0.3, -0.25) is 23.8 Å². The van der Waals surface area contributed by atoms with E-state index in [0.29, 0.717) is 11.4 Å². The molecule has 0 bridgehead atoms. The fourth-order valence-corrected chi connectivity index (χ4v) is 6.03. The summed E-state index contributed by atoms with van der Waals surface area (Å²) >= 11 is 0. The van der Waals surface area contributed by atoms with Gasteiger partial charge in [0.05, 0.1) is 36.5 Å². The van der Waals surface area contributed by atoms with Crippen molar-refractivity contribution in [2.75, 3.05) is 11.9 Å². The predicted molar refractivity (Wildman–Crippen MR) is 169 cm³/mol. The van der Waals surface area contributed by atoms with Gasteiger partial charge < -0.3 is 37.6 Å². The number of anilines is 1. The molecule has 51 heavy (non-hydrogen) atoms. The van der Waals surface area contributed by atoms with E-state index in [-0.39, 0.29) is 36.8 Å². The average molecular weight is 737 g/mol. The standard InChI is InChI=1S/C28H40N11O11P/c1-27(2,3)46-13-18-20(49-51(42,43)50-28(4,5)6)21(48-26(41)45-12-17-10-38(8)36-34-17)24(47-18)39-15-31-19-22(29-14-30-23(19)39)32-25(40)44-11-16-9-37(7)35-33-16/h9-10,14-15,18,20-21,24H,11-13H2,1-8H3,(H,42,43)(H,29,30,32,40)/p-1/t18-,20?,21+,24-/m1/s1. The molecule has 1 aliphatic heterocycles. The highest BCUT2D eigenvalue weighted by Crippen LogP contribution is 2.49. The summed E-state index contributed by atoms with van der Waals surface area (Å²) in [6.45, 7) is 9.31. The zero-order chi connectivity index (χ0) is 37.1. The lowest BCUT2D eigenvalue weighted by Crippen LogP contribution is -2.41. The lowest BCUT2D eigenvalue weighted by molar-refractivity contribution is -0.242. The van der Waals surface area contributed by atoms with Crippen LogP contribution in [-0.4, -0.2) is 97.9 Å². The van der Waals surface area contributed by atoms with Gasteiger partial charge in [-0.05, 0) is 41.5 Å². The number of aryl methyl sites for hydroxylation is 2. The maximum atomic E-state index is 13.2. The van der Waals surface area contributed by atoms with Crippen molar-refractivity contribution in [1.29, 1.82) is 0 Å². The Balaban J connectivity index is 1.45. The molecule has 1 aliphatic rings. The molecule has 2 unspecified atom stereocenters. The molecular weight excluding hydrogens is 697 g/mol. The van der Waals surface area contributed by atoms with Gasteiger partial charge in [0, 0.05) is 14.1 Å². The summed E-state index contributed by atoms with van der Waals surface area (Å²) in [5.74, 6) is -0.0233. The number of carbonyl (C=O) groups excluding carboxylic acids is 2. The largest absolute Gasteiger partial charge is 0.756 e. The Morgan fingerprint density at radius 2 is 1.59 bits per heavy atom. The number of amides is 1. The highest BCUT2D eigenvalue weighted by molar-refractivity contribution is 7.45. The number of phosphoric acid groups is 1. The third-order valence-electron chi connectivity index (χ3n) is 6.68. The molecule has 0 radical (unpaired) electrons. The van der Waals surface area contributed by atoms with Gasteiger partial charge in [-0.25, -0.2) is 24.5 Å². The molecule has 22 nitrogen and oxygen atoms in total. The molecule has 1 N–H and O–H groups in total. The first-order chi connectivity index (χ1) is 23.9. The van der Waals surface area contributed by atoms with Crippen LogP contribution in [0.25, 0.3) is 11.2 Å². The third-order valence-corrected chi connectivity index (χ3v) is 7.95. The highest BCUT2D eigenvalue weighted by Gasteiger charge is 2.52. The second kappa shape index (κ2) is 14.9. The Kier molecular flexibility index (Phi) is 11.0. The SMILES string of the molecule is Cn1cc(COC(=O)Nc2ncnc3c2ncn3[C@@H]2O[C@H](COC(C)(C)C)C(OP(=O)([O-])OC(C)(C)C)[C@@H]2OC(=O)OCc2cn(C)nn2)nn1. The Morgan fingerprint density at radius 3 is 2.18 bits per heavy atom. The van der Waals surface area contributed by atoms with Crippen LogP contribution in [0.4, 0.5) is 15.4 Å². The number of imidazole rings is 1. The van der Waals surface area contributed by atoms with Crippen molar-refractivity contribution in [3.63, 3.8) is 0 Å². The van der Waals surface area contributed by atoms with Gasteiger partial charge in [-0.1, -0.05) is 10.4 Å². The van der Waals surface area contributed by atoms with Crippen molar-refractivity contribution >= 4 is 37.1 Å². The molecule has 278 valence electrons. The average Bonchev–Trinajstić information content (AvgIpc) is 3.80. The number of hydrogen-bond donors (Lipinski definition) is 1. The lowest BCUT2D eigenvalue weighted by atomic mass is 10.1. The molecule has 5 heterocycles. The van der Waals surface area contributed by atoms with Gasteiger partial charge in [-0.15, -0.1) is 10.2 Å². The van der Waals surface area contributed by atoms with Crippen LogP contribution in [0.1, 0.15) is 59.2 Å². The molecule has 1 saturated heterocycles. The molecular formula is C28H39N11O11P-. The first-order valence-corrected chi connectivity index (χ1v) is 17.0. The number of aromatic nitrogens is 10. The van der Waals surface area contributed by atoms with Crippen LogP contribution < -0.4 is 10.2 Å². The zero-order valence-corrected chi connectivity index (χ0v) is 30.0. The van der Waals surface area contributed by atoms with Crippen molar-refractivity contribution in [3.8, 4) is 0 Å². The van der Waals surface area contributed by atoms with Crippen molar-refractivity contribution in [2.45, 2.75) is 90.5 Å². The smallest absolute Gasteiger partial charge is 0.509 e. The lowest BCUT2D eigenvalue weighted by Gasteiger charge is -2.35. The zero-order valence-electron chi connectivity index (χ0n) is 29.2. The Morgan fingerprint density at radius 1 is 0.941 bits per heavy atom. The van der Waals surface area contributed by atoms with Crippen LogP contribution in [0.2, 0.25) is 0 Å². The van der Waals surface area contributed by atoms with Gasteiger partial charge in [0.15, 0.2) is 29.3 Å². The third kappa shape index (κ3) is 10.2. The topological polar surface area (TPSA) is 256 Å². The van der Waals surface area contributed by atoms with Crippen molar-refractivity contribution < 1.29 is 51.8 Å². The number of nitrogens with one attached hydrogen (secondary N) is 1. The highest BCUT2D eigenvalue weighted by atomic mass is 31.2. The molecule has 1 fully saturated rings. The summed E-state index contributed by atoms with van der Waals surface area (Å²) in [6, 6.07) is 0. The maximum absolute atomic E-state index is 13.2. The van der Waals surface area contributed by atoms with Gasteiger partial charge in [0.1, 0.15) is 43.1 Å². The summed E-state index contributed by atoms with van der Waals surface area (Å²) in [5.41, 5.74) is -0.893. The fraction of sp³-hybridized carbons (Fsp3) is 0.607. The predicted octanol–water partition coefficient (Wildman–Crippen LogP) is 1.94. The van der Waals surface area contributed by atoms with E-state index in [1.54, 1.807) is 41.1 Å². The molecule has 0 spiro atoms. The number of hydrogen-bond acceptors (Lipinski definition) is 18. The van der Waals surface area contributed by atoms with Crippen LogP contribution in [-0.2, 0) is 64.6 Å². The molecule has 1 amide bonds. The Hall–Kier alpha value is -4.60. The second-order valence-corrected chi connectivity index (χ2v) is 14.6. The van der Waals surface area contributed by atoms with Gasteiger partial charge >= 0.3 is 12.2 Å². The number of carbonyl (C=O) groups is 2. The van der Waals surface area contributed by atoms with Gasteiger partial charge in [0.2, 0.25) is 0 Å². The molecule has 23 heteroatoms. The van der Waals surface area contributed by atoms with E-state index in [0.717, 1.165) is 6.33 Å². The first kappa shape index (κ1) is 37.7. The van der Waals surface area contributed by atoms with E-state index in [1.807, 2.05) is 0 Å². The number of ether oxygens (including phenoxy) is 5. The fourth-order valence-electron chi connectivity index (χ4n) is 4.76. The van der Waals surface area contributed by atoms with Crippen molar-refractivity contribution in [3.05, 3.63) is 36.4 Å². The summed E-state index contributed by atoms with van der Waals surface area (Å²) < 4.78 is 56.7. The van der Waals surface area contributed by atoms with E-state index in [1.165, 1.54) is 47.2 Å². The first-order valence-electron chi connectivity index (χ1n) is 15.5. The van der Waals surface area contributed by atoms with Crippen LogP contribution in [0.3, 0.4) is 0 Å². The molecule has 4 aromatic rings. The van der Waals surface area contributed by atoms with Crippen LogP contribution in [0.15, 0.2) is 25.0 Å². The van der Waals surface area contributed by atoms with Gasteiger partial charge in [-0.2, -0.15) is 0 Å². The molecule has 0 aliphatic carbocycles. The Labute approximate surface area is 291 Å². The molecule has 5 atom stereocenters. The van der Waals surface area contributed by atoms with Gasteiger partial charge in [0.25, 0.3) is 7.82 Å². The van der Waals surface area contributed by atoms with Crippen LogP contribution in [0, 0.1) is 0 Å². The quantitative estimate of drug-likeness (QED) is 0.161. The summed E-state index contributed by atoms with van der Waals surface area (Å²) in [6.07, 6.45) is -2.01. The molecule has 0 aromatic carbocycles. The Bertz CT molecular complexity index is 1880. The minimum absolute atomic E-state index is 0.0233. The molecule has 0 saturated carbocycles. The molecule has 4 aromatic heterocycles. The number of phosphoric ester groups is 1. The van der Waals surface area contributed by atoms with Crippen molar-refractivity contribution in [1.82, 2.24) is 49.5 Å². The van der Waals surface area contributed by atoms with Crippen LogP contribution >= 0.6 is 7.82 Å². The number of fused-ring (bicyclic) bond motifs is 1. The van der Waals surface area contributed by atoms with Crippen LogP contribution in [0.5, 0.6) is 0 Å². The normalized spacial score (nSPS) is 20.6. The number of nitrogens with zero attached hydrogens (tertiary/aromatic N) is 10. The van der Waals surface area contributed by atoms with E-state index < -0.39 is 55.8 Å². The second-order valence-electron chi connectivity index (χ2n) is 13.3. The van der Waals surface area contributed by atoms with E-state index >= 15 is 0 Å². The van der Waals surface area contributed by atoms with E-state index in [9.17, 15) is 19.0 Å². The monoisotopic (exact) mass is 736 g/mol. The van der Waals surface area contributed by atoms with Crippen molar-refractivity contribution in [2.24, 2.45) is 14.1 Å². The summed E-state index contributed by atoms with van der Waals surface area (Å²) in [7, 11) is -1.76. The minimum Gasteiger partial charge on any atom is -0.756 e. The minimum atomic E-state index is -5.07. The van der Waals surface area contributed by atoms with E-state index in [2.05, 4.69) is 40.9 Å². The summed E-state index contributed by atoms with van der Waals surface area (Å²) in [5, 5.41) is 17.8.